The van der Waals surface area contributed by atoms with E-state index in [4.69, 9.17) is 16.3 Å². The van der Waals surface area contributed by atoms with Gasteiger partial charge in [0.15, 0.2) is 0 Å². The number of aryl methyl sites for hydroxylation is 1. The van der Waals surface area contributed by atoms with Crippen molar-refractivity contribution < 1.29 is 13.9 Å². The molecule has 0 aliphatic rings. The van der Waals surface area contributed by atoms with E-state index >= 15 is 0 Å². The van der Waals surface area contributed by atoms with Crippen molar-refractivity contribution in [1.82, 2.24) is 4.98 Å². The Bertz CT molecular complexity index is 924. The molecule has 0 atom stereocenters. The Hall–Kier alpha value is -2.46. The number of hydrogen-bond acceptors (Lipinski definition) is 3. The maximum atomic E-state index is 14.4. The number of hydrogen-bond donors (Lipinski definition) is 0. The molecule has 0 bridgehead atoms. The normalized spacial score (nSPS) is 10.8. The van der Waals surface area contributed by atoms with Crippen LogP contribution in [0.5, 0.6) is 0 Å². The Morgan fingerprint density at radius 2 is 2.00 bits per heavy atom. The van der Waals surface area contributed by atoms with E-state index < -0.39 is 5.97 Å². The number of benzene rings is 2. The first-order valence-corrected chi connectivity index (χ1v) is 7.32. The fraction of sp³-hybridized carbons (Fsp3) is 0.111. The summed E-state index contributed by atoms with van der Waals surface area (Å²) in [6.07, 6.45) is 1.48. The molecule has 23 heavy (non-hydrogen) atoms. The quantitative estimate of drug-likeness (QED) is 0.634. The summed E-state index contributed by atoms with van der Waals surface area (Å²) in [7, 11) is 1.31. The first-order valence-electron chi connectivity index (χ1n) is 6.94. The van der Waals surface area contributed by atoms with Gasteiger partial charge < -0.3 is 4.74 Å². The van der Waals surface area contributed by atoms with Crippen molar-refractivity contribution in [3.05, 3.63) is 64.6 Å². The molecule has 0 spiro atoms. The molecule has 0 radical (unpaired) electrons. The topological polar surface area (TPSA) is 39.2 Å². The molecule has 1 aromatic heterocycles. The predicted octanol–water partition coefficient (Wildman–Crippen LogP) is 4.79. The second-order valence-electron chi connectivity index (χ2n) is 5.19. The number of methoxy groups -OCH3 is 1. The zero-order valence-electron chi connectivity index (χ0n) is 12.6. The minimum absolute atomic E-state index is 0.322. The molecule has 1 heterocycles. The van der Waals surface area contributed by atoms with Gasteiger partial charge in [0.05, 0.1) is 23.2 Å². The highest BCUT2D eigenvalue weighted by Gasteiger charge is 2.16. The summed E-state index contributed by atoms with van der Waals surface area (Å²) in [6, 6.07) is 9.86. The van der Waals surface area contributed by atoms with Gasteiger partial charge in [-0.2, -0.15) is 0 Å². The van der Waals surface area contributed by atoms with E-state index in [0.717, 1.165) is 5.56 Å². The van der Waals surface area contributed by atoms with E-state index in [1.165, 1.54) is 19.4 Å². The lowest BCUT2D eigenvalue weighted by Crippen LogP contribution is -2.01. The highest BCUT2D eigenvalue weighted by atomic mass is 35.5. The smallest absolute Gasteiger partial charge is 0.337 e. The monoisotopic (exact) mass is 329 g/mol. The van der Waals surface area contributed by atoms with Crippen LogP contribution in [0.1, 0.15) is 15.9 Å². The molecule has 3 nitrogen and oxygen atoms in total. The summed E-state index contributed by atoms with van der Waals surface area (Å²) in [6.45, 7) is 1.81. The van der Waals surface area contributed by atoms with Crippen LogP contribution >= 0.6 is 11.6 Å². The van der Waals surface area contributed by atoms with Crippen molar-refractivity contribution in [2.24, 2.45) is 0 Å². The minimum Gasteiger partial charge on any atom is -0.465 e. The van der Waals surface area contributed by atoms with Crippen molar-refractivity contribution in [2.75, 3.05) is 7.11 Å². The van der Waals surface area contributed by atoms with Crippen LogP contribution in [-0.4, -0.2) is 18.1 Å². The van der Waals surface area contributed by atoms with E-state index in [1.807, 2.05) is 13.0 Å². The van der Waals surface area contributed by atoms with E-state index in [1.54, 1.807) is 24.3 Å². The van der Waals surface area contributed by atoms with Crippen LogP contribution in [0, 0.1) is 12.7 Å². The van der Waals surface area contributed by atoms with E-state index in [0.29, 0.717) is 32.6 Å². The van der Waals surface area contributed by atoms with Crippen molar-refractivity contribution >= 4 is 28.5 Å². The molecule has 116 valence electrons. The zero-order valence-corrected chi connectivity index (χ0v) is 13.3. The molecular weight excluding hydrogens is 317 g/mol. The Morgan fingerprint density at radius 3 is 2.70 bits per heavy atom. The molecular formula is C18H13ClFNO2. The van der Waals surface area contributed by atoms with Gasteiger partial charge in [-0.15, -0.1) is 0 Å². The summed E-state index contributed by atoms with van der Waals surface area (Å²) < 4.78 is 19.1. The van der Waals surface area contributed by atoms with Gasteiger partial charge in [-0.3, -0.25) is 4.98 Å². The lowest BCUT2D eigenvalue weighted by atomic mass is 9.98. The number of ether oxygens (including phenoxy) is 1. The Morgan fingerprint density at radius 1 is 1.22 bits per heavy atom. The van der Waals surface area contributed by atoms with Gasteiger partial charge in [-0.05, 0) is 36.8 Å². The molecule has 0 fully saturated rings. The predicted molar refractivity (Wildman–Crippen MR) is 88.2 cm³/mol. The lowest BCUT2D eigenvalue weighted by Gasteiger charge is -2.11. The molecule has 0 saturated heterocycles. The molecule has 0 unspecified atom stereocenters. The highest BCUT2D eigenvalue weighted by molar-refractivity contribution is 6.34. The number of esters is 1. The van der Waals surface area contributed by atoms with E-state index in [9.17, 15) is 9.18 Å². The SMILES string of the molecule is COC(=O)c1ccc2ncc(Cl)c(-c3ccc(C)cc3F)c2c1. The Balaban J connectivity index is 2.33. The van der Waals surface area contributed by atoms with Crippen LogP contribution in [0.25, 0.3) is 22.0 Å². The molecule has 0 N–H and O–H groups in total. The second-order valence-corrected chi connectivity index (χ2v) is 5.60. The van der Waals surface area contributed by atoms with Gasteiger partial charge in [0.1, 0.15) is 5.82 Å². The largest absolute Gasteiger partial charge is 0.465 e. The summed E-state index contributed by atoms with van der Waals surface area (Å²) in [5.74, 6) is -0.843. The van der Waals surface area contributed by atoms with Gasteiger partial charge in [0.2, 0.25) is 0 Å². The minimum atomic E-state index is -0.470. The van der Waals surface area contributed by atoms with Crippen LogP contribution in [0.2, 0.25) is 5.02 Å². The number of carbonyl (C=O) groups is 1. The van der Waals surface area contributed by atoms with Gasteiger partial charge in [-0.25, -0.2) is 9.18 Å². The fourth-order valence-corrected chi connectivity index (χ4v) is 2.76. The second kappa shape index (κ2) is 5.97. The molecule has 5 heteroatoms. The molecule has 0 amide bonds. The number of pyridine rings is 1. The van der Waals surface area contributed by atoms with Crippen LogP contribution in [-0.2, 0) is 4.74 Å². The van der Waals surface area contributed by atoms with Crippen LogP contribution < -0.4 is 0 Å². The van der Waals surface area contributed by atoms with Gasteiger partial charge in [0, 0.05) is 22.7 Å². The first-order chi connectivity index (χ1) is 11.0. The third-order valence-corrected chi connectivity index (χ3v) is 3.92. The molecule has 0 aliphatic heterocycles. The van der Waals surface area contributed by atoms with E-state index in [2.05, 4.69) is 4.98 Å². The molecule has 3 rings (SSSR count). The van der Waals surface area contributed by atoms with E-state index in [-0.39, 0.29) is 5.82 Å². The average molecular weight is 330 g/mol. The number of carbonyl (C=O) groups excluding carboxylic acids is 1. The van der Waals surface area contributed by atoms with Gasteiger partial charge in [-0.1, -0.05) is 23.7 Å². The van der Waals surface area contributed by atoms with Crippen molar-refractivity contribution in [2.45, 2.75) is 6.92 Å². The third kappa shape index (κ3) is 2.78. The Labute approximate surface area is 137 Å². The zero-order chi connectivity index (χ0) is 16.6. The number of nitrogens with zero attached hydrogens (tertiary/aromatic N) is 1. The highest BCUT2D eigenvalue weighted by Crippen LogP contribution is 2.36. The number of fused-ring (bicyclic) bond motifs is 1. The molecule has 0 saturated carbocycles. The maximum absolute atomic E-state index is 14.4. The van der Waals surface area contributed by atoms with Gasteiger partial charge >= 0.3 is 5.97 Å². The molecule has 3 aromatic rings. The summed E-state index contributed by atoms with van der Waals surface area (Å²) in [5, 5.41) is 0.922. The summed E-state index contributed by atoms with van der Waals surface area (Å²) >= 11 is 6.27. The molecule has 0 aliphatic carbocycles. The van der Waals surface area contributed by atoms with Crippen molar-refractivity contribution in [1.29, 1.82) is 0 Å². The van der Waals surface area contributed by atoms with Crippen LogP contribution in [0.3, 0.4) is 0 Å². The number of aromatic nitrogens is 1. The fourth-order valence-electron chi connectivity index (χ4n) is 2.51. The van der Waals surface area contributed by atoms with Crippen LogP contribution in [0.4, 0.5) is 4.39 Å². The summed E-state index contributed by atoms with van der Waals surface area (Å²) in [5.41, 5.74) is 2.68. The average Bonchev–Trinajstić information content (AvgIpc) is 2.54. The first kappa shape index (κ1) is 15.4. The number of rotatable bonds is 2. The maximum Gasteiger partial charge on any atom is 0.337 e. The molecule has 2 aromatic carbocycles. The van der Waals surface area contributed by atoms with Crippen molar-refractivity contribution in [3.8, 4) is 11.1 Å². The van der Waals surface area contributed by atoms with Gasteiger partial charge in [0.25, 0.3) is 0 Å². The van der Waals surface area contributed by atoms with Crippen LogP contribution in [0.15, 0.2) is 42.6 Å². The third-order valence-electron chi connectivity index (χ3n) is 3.64. The summed E-state index contributed by atoms with van der Waals surface area (Å²) in [4.78, 5) is 16.0. The standard InChI is InChI=1S/C18H13ClFNO2/c1-10-3-5-12(15(20)7-10)17-13-8-11(18(22)23-2)4-6-16(13)21-9-14(17)19/h3-9H,1-2H3. The van der Waals surface area contributed by atoms with Crippen molar-refractivity contribution in [3.63, 3.8) is 0 Å². The lowest BCUT2D eigenvalue weighted by molar-refractivity contribution is 0.0601. The number of halogens is 2. The Kier molecular flexibility index (Phi) is 4.01.